The molecule has 1 aliphatic rings. The fraction of sp³-hybridized carbons (Fsp3) is 0.333. The summed E-state index contributed by atoms with van der Waals surface area (Å²) in [6.45, 7) is 0. The van der Waals surface area contributed by atoms with E-state index < -0.39 is 0 Å². The highest BCUT2D eigenvalue weighted by atomic mass is 35.5. The summed E-state index contributed by atoms with van der Waals surface area (Å²) in [5, 5.41) is 1.26. The SMILES string of the molecule is COc1ccc(-c2c(Cl)cccc2Cl)cc1OC1CCCC1. The standard InChI is InChI=1S/C18H18Cl2O2/c1-21-16-10-9-12(18-14(19)7-4-8-15(18)20)11-17(16)22-13-5-2-3-6-13/h4,7-11,13H,2-3,5-6H2,1H3. The van der Waals surface area contributed by atoms with Gasteiger partial charge in [-0.15, -0.1) is 0 Å². The van der Waals surface area contributed by atoms with Crippen LogP contribution >= 0.6 is 23.2 Å². The van der Waals surface area contributed by atoms with Gasteiger partial charge in [-0.3, -0.25) is 0 Å². The van der Waals surface area contributed by atoms with Gasteiger partial charge in [-0.2, -0.15) is 0 Å². The molecule has 0 atom stereocenters. The van der Waals surface area contributed by atoms with E-state index in [1.807, 2.05) is 36.4 Å². The number of ether oxygens (including phenoxy) is 2. The van der Waals surface area contributed by atoms with Crippen LogP contribution in [0.15, 0.2) is 36.4 Å². The summed E-state index contributed by atoms with van der Waals surface area (Å²) in [6, 6.07) is 11.3. The lowest BCUT2D eigenvalue weighted by atomic mass is 10.0. The van der Waals surface area contributed by atoms with Crippen molar-refractivity contribution in [3.8, 4) is 22.6 Å². The number of methoxy groups -OCH3 is 1. The number of benzene rings is 2. The average molecular weight is 337 g/mol. The molecule has 2 aromatic rings. The molecule has 0 bridgehead atoms. The van der Waals surface area contributed by atoms with Crippen molar-refractivity contribution < 1.29 is 9.47 Å². The number of hydrogen-bond donors (Lipinski definition) is 0. The molecule has 0 aliphatic heterocycles. The summed E-state index contributed by atoms with van der Waals surface area (Å²) < 4.78 is 11.5. The molecule has 0 radical (unpaired) electrons. The Morgan fingerprint density at radius 1 is 0.955 bits per heavy atom. The van der Waals surface area contributed by atoms with Crippen LogP contribution in [-0.2, 0) is 0 Å². The molecule has 4 heteroatoms. The first-order valence-electron chi connectivity index (χ1n) is 7.48. The molecule has 3 rings (SSSR count). The molecular formula is C18H18Cl2O2. The Bertz CT molecular complexity index is 644. The van der Waals surface area contributed by atoms with E-state index in [2.05, 4.69) is 0 Å². The molecule has 0 unspecified atom stereocenters. The first kappa shape index (κ1) is 15.5. The fourth-order valence-electron chi connectivity index (χ4n) is 2.88. The summed E-state index contributed by atoms with van der Waals surface area (Å²) in [7, 11) is 1.65. The predicted octanol–water partition coefficient (Wildman–Crippen LogP) is 5.99. The molecule has 0 amide bonds. The van der Waals surface area contributed by atoms with Crippen LogP contribution in [0.2, 0.25) is 10.0 Å². The molecule has 0 N–H and O–H groups in total. The Balaban J connectivity index is 1.99. The molecule has 0 heterocycles. The van der Waals surface area contributed by atoms with Crippen molar-refractivity contribution >= 4 is 23.2 Å². The van der Waals surface area contributed by atoms with Gasteiger partial charge in [-0.25, -0.2) is 0 Å². The minimum absolute atomic E-state index is 0.269. The van der Waals surface area contributed by atoms with Crippen molar-refractivity contribution in [3.63, 3.8) is 0 Å². The van der Waals surface area contributed by atoms with Gasteiger partial charge >= 0.3 is 0 Å². The van der Waals surface area contributed by atoms with Crippen LogP contribution in [0.3, 0.4) is 0 Å². The maximum atomic E-state index is 6.30. The minimum atomic E-state index is 0.269. The smallest absolute Gasteiger partial charge is 0.162 e. The van der Waals surface area contributed by atoms with Crippen LogP contribution in [-0.4, -0.2) is 13.2 Å². The monoisotopic (exact) mass is 336 g/mol. The van der Waals surface area contributed by atoms with Crippen molar-refractivity contribution in [2.75, 3.05) is 7.11 Å². The van der Waals surface area contributed by atoms with Crippen molar-refractivity contribution in [2.24, 2.45) is 0 Å². The molecule has 116 valence electrons. The Kier molecular flexibility index (Phi) is 4.80. The second kappa shape index (κ2) is 6.80. The third-order valence-electron chi connectivity index (χ3n) is 4.01. The van der Waals surface area contributed by atoms with Gasteiger partial charge in [0.05, 0.1) is 13.2 Å². The number of rotatable bonds is 4. The van der Waals surface area contributed by atoms with Gasteiger partial charge in [0.15, 0.2) is 11.5 Å². The van der Waals surface area contributed by atoms with Gasteiger partial charge in [0.2, 0.25) is 0 Å². The molecule has 1 saturated carbocycles. The van der Waals surface area contributed by atoms with Crippen LogP contribution < -0.4 is 9.47 Å². The van der Waals surface area contributed by atoms with Gasteiger partial charge < -0.3 is 9.47 Å². The van der Waals surface area contributed by atoms with E-state index in [1.54, 1.807) is 7.11 Å². The molecule has 0 saturated heterocycles. The summed E-state index contributed by atoms with van der Waals surface area (Å²) in [5.41, 5.74) is 1.76. The zero-order valence-corrected chi connectivity index (χ0v) is 14.0. The van der Waals surface area contributed by atoms with Crippen LogP contribution in [0, 0.1) is 0 Å². The van der Waals surface area contributed by atoms with Crippen molar-refractivity contribution in [3.05, 3.63) is 46.4 Å². The highest BCUT2D eigenvalue weighted by molar-refractivity contribution is 6.39. The molecule has 22 heavy (non-hydrogen) atoms. The summed E-state index contributed by atoms with van der Waals surface area (Å²) in [6.07, 6.45) is 4.91. The van der Waals surface area contributed by atoms with E-state index in [0.29, 0.717) is 10.0 Å². The molecule has 0 spiro atoms. The van der Waals surface area contributed by atoms with Gasteiger partial charge in [0.1, 0.15) is 0 Å². The largest absolute Gasteiger partial charge is 0.493 e. The first-order chi connectivity index (χ1) is 10.7. The molecular weight excluding hydrogens is 319 g/mol. The normalized spacial score (nSPS) is 15.0. The Labute approximate surface area is 141 Å². The minimum Gasteiger partial charge on any atom is -0.493 e. The lowest BCUT2D eigenvalue weighted by molar-refractivity contribution is 0.201. The number of halogens is 2. The van der Waals surface area contributed by atoms with Gasteiger partial charge in [0.25, 0.3) is 0 Å². The Morgan fingerprint density at radius 3 is 2.27 bits per heavy atom. The topological polar surface area (TPSA) is 18.5 Å². The van der Waals surface area contributed by atoms with E-state index in [4.69, 9.17) is 32.7 Å². The zero-order valence-electron chi connectivity index (χ0n) is 12.4. The van der Waals surface area contributed by atoms with E-state index >= 15 is 0 Å². The van der Waals surface area contributed by atoms with E-state index in [0.717, 1.165) is 35.5 Å². The molecule has 0 aromatic heterocycles. The highest BCUT2D eigenvalue weighted by Crippen LogP contribution is 2.40. The fourth-order valence-corrected chi connectivity index (χ4v) is 3.50. The quantitative estimate of drug-likeness (QED) is 0.682. The molecule has 1 aliphatic carbocycles. The van der Waals surface area contributed by atoms with Crippen LogP contribution in [0.5, 0.6) is 11.5 Å². The molecule has 1 fully saturated rings. The third-order valence-corrected chi connectivity index (χ3v) is 4.64. The highest BCUT2D eigenvalue weighted by Gasteiger charge is 2.19. The average Bonchev–Trinajstić information content (AvgIpc) is 3.00. The third kappa shape index (κ3) is 3.18. The van der Waals surface area contributed by atoms with Crippen molar-refractivity contribution in [1.82, 2.24) is 0 Å². The van der Waals surface area contributed by atoms with Crippen molar-refractivity contribution in [2.45, 2.75) is 31.8 Å². The summed E-state index contributed by atoms with van der Waals surface area (Å²) in [5.74, 6) is 1.49. The molecule has 2 nitrogen and oxygen atoms in total. The maximum Gasteiger partial charge on any atom is 0.162 e. The summed E-state index contributed by atoms with van der Waals surface area (Å²) >= 11 is 12.6. The molecule has 2 aromatic carbocycles. The zero-order chi connectivity index (χ0) is 15.5. The van der Waals surface area contributed by atoms with Gasteiger partial charge in [-0.1, -0.05) is 35.3 Å². The Hall–Kier alpha value is -1.38. The van der Waals surface area contributed by atoms with Crippen LogP contribution in [0.4, 0.5) is 0 Å². The maximum absolute atomic E-state index is 6.30. The van der Waals surface area contributed by atoms with E-state index in [9.17, 15) is 0 Å². The second-order valence-electron chi connectivity index (χ2n) is 5.49. The van der Waals surface area contributed by atoms with Crippen LogP contribution in [0.1, 0.15) is 25.7 Å². The van der Waals surface area contributed by atoms with E-state index in [-0.39, 0.29) is 6.10 Å². The first-order valence-corrected chi connectivity index (χ1v) is 8.23. The van der Waals surface area contributed by atoms with Gasteiger partial charge in [0, 0.05) is 15.6 Å². The van der Waals surface area contributed by atoms with E-state index in [1.165, 1.54) is 12.8 Å². The predicted molar refractivity (Wildman–Crippen MR) is 91.3 cm³/mol. The van der Waals surface area contributed by atoms with Gasteiger partial charge in [-0.05, 0) is 55.5 Å². The lowest BCUT2D eigenvalue weighted by Crippen LogP contribution is -2.11. The summed E-state index contributed by atoms with van der Waals surface area (Å²) in [4.78, 5) is 0. The Morgan fingerprint density at radius 2 is 1.64 bits per heavy atom. The van der Waals surface area contributed by atoms with Crippen molar-refractivity contribution in [1.29, 1.82) is 0 Å². The lowest BCUT2D eigenvalue weighted by Gasteiger charge is -2.17. The number of hydrogen-bond acceptors (Lipinski definition) is 2. The second-order valence-corrected chi connectivity index (χ2v) is 6.30. The van der Waals surface area contributed by atoms with Crippen LogP contribution in [0.25, 0.3) is 11.1 Å².